The number of aliphatic hydroxyl groups is 2. The highest BCUT2D eigenvalue weighted by atomic mass is 16.4. The second kappa shape index (κ2) is 3.96. The average Bonchev–Trinajstić information content (AvgIpc) is 2.38. The van der Waals surface area contributed by atoms with Gasteiger partial charge in [-0.2, -0.15) is 0 Å². The summed E-state index contributed by atoms with van der Waals surface area (Å²) in [6.07, 6.45) is -1.37. The van der Waals surface area contributed by atoms with Gasteiger partial charge >= 0.3 is 5.97 Å². The van der Waals surface area contributed by atoms with E-state index in [-0.39, 0.29) is 0 Å². The van der Waals surface area contributed by atoms with Gasteiger partial charge in [0.05, 0.1) is 12.0 Å². The van der Waals surface area contributed by atoms with Crippen LogP contribution in [0.25, 0.3) is 0 Å². The molecular formula is C11H19NO5. The third-order valence-corrected chi connectivity index (χ3v) is 3.77. The molecule has 1 rings (SSSR count). The summed E-state index contributed by atoms with van der Waals surface area (Å²) in [7, 11) is 0. The van der Waals surface area contributed by atoms with Gasteiger partial charge in [-0.05, 0) is 12.8 Å². The fourth-order valence-electron chi connectivity index (χ4n) is 2.30. The summed E-state index contributed by atoms with van der Waals surface area (Å²) in [5.74, 6) is -3.31. The molecule has 4 atom stereocenters. The summed E-state index contributed by atoms with van der Waals surface area (Å²) in [4.78, 5) is 23.0. The highest BCUT2D eigenvalue weighted by molar-refractivity contribution is 5.95. The van der Waals surface area contributed by atoms with Crippen molar-refractivity contribution in [1.82, 2.24) is 5.32 Å². The minimum atomic E-state index is -2.06. The Hall–Kier alpha value is -1.14. The lowest BCUT2D eigenvalue weighted by Crippen LogP contribution is -2.69. The number of carbonyl (C=O) groups is 2. The molecule has 6 nitrogen and oxygen atoms in total. The molecule has 1 heterocycles. The highest BCUT2D eigenvalue weighted by Crippen LogP contribution is 2.40. The Morgan fingerprint density at radius 2 is 1.94 bits per heavy atom. The fourth-order valence-corrected chi connectivity index (χ4v) is 2.30. The molecule has 1 amide bonds. The van der Waals surface area contributed by atoms with Gasteiger partial charge in [-0.25, -0.2) is 4.79 Å². The second-order valence-corrected chi connectivity index (χ2v) is 5.16. The smallest absolute Gasteiger partial charge is 0.335 e. The number of aliphatic hydroxyl groups excluding tert-OH is 1. The molecule has 1 aliphatic rings. The molecular weight excluding hydrogens is 226 g/mol. The number of nitrogens with one attached hydrogen (secondary N) is 1. The molecule has 0 aromatic carbocycles. The molecule has 0 radical (unpaired) electrons. The van der Waals surface area contributed by atoms with Crippen LogP contribution in [-0.4, -0.2) is 44.4 Å². The summed E-state index contributed by atoms with van der Waals surface area (Å²) < 4.78 is 0. The summed E-state index contributed by atoms with van der Waals surface area (Å²) in [6, 6.07) is 0. The van der Waals surface area contributed by atoms with Gasteiger partial charge in [-0.1, -0.05) is 20.8 Å². The minimum Gasteiger partial charge on any atom is -0.479 e. The first kappa shape index (κ1) is 13.9. The number of aliphatic carboxylic acids is 1. The number of carboxylic acid groups (broad SMARTS) is 1. The largest absolute Gasteiger partial charge is 0.479 e. The predicted octanol–water partition coefficient (Wildman–Crippen LogP) is -0.656. The zero-order chi connectivity index (χ0) is 13.6. The molecule has 0 aliphatic carbocycles. The van der Waals surface area contributed by atoms with Crippen molar-refractivity contribution >= 4 is 11.9 Å². The molecule has 98 valence electrons. The Labute approximate surface area is 99.6 Å². The molecule has 1 fully saturated rings. The van der Waals surface area contributed by atoms with Gasteiger partial charge in [0, 0.05) is 0 Å². The molecule has 4 N–H and O–H groups in total. The maximum absolute atomic E-state index is 11.6. The van der Waals surface area contributed by atoms with Crippen molar-refractivity contribution in [3.63, 3.8) is 0 Å². The second-order valence-electron chi connectivity index (χ2n) is 5.16. The third kappa shape index (κ3) is 1.63. The van der Waals surface area contributed by atoms with Crippen molar-refractivity contribution < 1.29 is 24.9 Å². The Morgan fingerprint density at radius 1 is 1.47 bits per heavy atom. The van der Waals surface area contributed by atoms with Gasteiger partial charge in [0.2, 0.25) is 5.91 Å². The molecule has 0 aromatic heterocycles. The number of carbonyl (C=O) groups excluding carboxylic acids is 1. The number of amides is 1. The first-order valence-corrected chi connectivity index (χ1v) is 5.55. The lowest BCUT2D eigenvalue weighted by molar-refractivity contribution is -0.169. The third-order valence-electron chi connectivity index (χ3n) is 3.77. The lowest BCUT2D eigenvalue weighted by Gasteiger charge is -2.41. The van der Waals surface area contributed by atoms with E-state index in [4.69, 9.17) is 0 Å². The predicted molar refractivity (Wildman–Crippen MR) is 59.1 cm³/mol. The Kier molecular flexibility index (Phi) is 3.24. The van der Waals surface area contributed by atoms with E-state index in [0.29, 0.717) is 0 Å². The van der Waals surface area contributed by atoms with E-state index in [1.807, 2.05) is 0 Å². The van der Waals surface area contributed by atoms with E-state index in [1.165, 1.54) is 13.8 Å². The van der Waals surface area contributed by atoms with E-state index >= 15 is 0 Å². The van der Waals surface area contributed by atoms with Crippen LogP contribution in [0.4, 0.5) is 0 Å². The van der Waals surface area contributed by atoms with Crippen molar-refractivity contribution in [3.05, 3.63) is 0 Å². The van der Waals surface area contributed by atoms with Gasteiger partial charge < -0.3 is 20.6 Å². The van der Waals surface area contributed by atoms with Crippen LogP contribution in [0.1, 0.15) is 27.7 Å². The average molecular weight is 245 g/mol. The van der Waals surface area contributed by atoms with Crippen LogP contribution < -0.4 is 5.32 Å². The fraction of sp³-hybridized carbons (Fsp3) is 0.818. The molecule has 1 saturated heterocycles. The van der Waals surface area contributed by atoms with Crippen molar-refractivity contribution in [2.75, 3.05) is 0 Å². The topological polar surface area (TPSA) is 107 Å². The van der Waals surface area contributed by atoms with Crippen molar-refractivity contribution in [2.45, 2.75) is 44.9 Å². The molecule has 0 aromatic rings. The summed E-state index contributed by atoms with van der Waals surface area (Å²) in [5.41, 5.74) is -3.91. The first-order chi connectivity index (χ1) is 7.59. The van der Waals surface area contributed by atoms with Crippen LogP contribution in [-0.2, 0) is 9.59 Å². The van der Waals surface area contributed by atoms with Crippen molar-refractivity contribution in [1.29, 1.82) is 0 Å². The molecule has 0 spiro atoms. The molecule has 17 heavy (non-hydrogen) atoms. The van der Waals surface area contributed by atoms with E-state index in [2.05, 4.69) is 5.32 Å². The molecule has 0 bridgehead atoms. The molecule has 0 saturated carbocycles. The van der Waals surface area contributed by atoms with E-state index in [9.17, 15) is 24.9 Å². The zero-order valence-electron chi connectivity index (χ0n) is 10.4. The van der Waals surface area contributed by atoms with Crippen molar-refractivity contribution in [3.8, 4) is 0 Å². The van der Waals surface area contributed by atoms with E-state index < -0.39 is 41.0 Å². The van der Waals surface area contributed by atoms with Crippen molar-refractivity contribution in [2.24, 2.45) is 11.8 Å². The Balaban J connectivity index is 3.36. The maximum Gasteiger partial charge on any atom is 0.335 e. The van der Waals surface area contributed by atoms with Gasteiger partial charge in [0.1, 0.15) is 5.60 Å². The molecule has 6 heteroatoms. The number of rotatable bonds is 3. The van der Waals surface area contributed by atoms with Crippen LogP contribution in [0.3, 0.4) is 0 Å². The maximum atomic E-state index is 11.6. The number of hydrogen-bond donors (Lipinski definition) is 4. The van der Waals surface area contributed by atoms with Crippen LogP contribution >= 0.6 is 0 Å². The van der Waals surface area contributed by atoms with E-state index in [0.717, 1.165) is 0 Å². The quantitative estimate of drug-likeness (QED) is 0.528. The first-order valence-electron chi connectivity index (χ1n) is 5.55. The van der Waals surface area contributed by atoms with Gasteiger partial charge in [-0.15, -0.1) is 0 Å². The highest BCUT2D eigenvalue weighted by Gasteiger charge is 2.68. The summed E-state index contributed by atoms with van der Waals surface area (Å²) in [6.45, 7) is 5.95. The van der Waals surface area contributed by atoms with Gasteiger partial charge in [0.25, 0.3) is 0 Å². The Morgan fingerprint density at radius 3 is 2.18 bits per heavy atom. The van der Waals surface area contributed by atoms with Crippen LogP contribution in [0.2, 0.25) is 0 Å². The minimum absolute atomic E-state index is 0.414. The van der Waals surface area contributed by atoms with Gasteiger partial charge in [-0.3, -0.25) is 4.79 Å². The molecule has 1 aliphatic heterocycles. The SMILES string of the molecule is CC(C)[C@H](O)[C@@]1(C(=O)O)NC(=O)C(C)[C@]1(C)O. The summed E-state index contributed by atoms with van der Waals surface area (Å²) in [5, 5.41) is 31.9. The normalized spacial score (nSPS) is 39.2. The Bertz CT molecular complexity index is 352. The number of hydrogen-bond acceptors (Lipinski definition) is 4. The van der Waals surface area contributed by atoms with Crippen LogP contribution in [0, 0.1) is 11.8 Å². The van der Waals surface area contributed by atoms with Crippen LogP contribution in [0.15, 0.2) is 0 Å². The van der Waals surface area contributed by atoms with Gasteiger partial charge in [0.15, 0.2) is 5.54 Å². The lowest BCUT2D eigenvalue weighted by atomic mass is 9.71. The number of carboxylic acids is 1. The van der Waals surface area contributed by atoms with Crippen LogP contribution in [0.5, 0.6) is 0 Å². The standard InChI is InChI=1S/C11H19NO5/c1-5(2)7(13)11(9(15)16)10(4,17)6(3)8(14)12-11/h5-7,13,17H,1-4H3,(H,12,14)(H,15,16)/t6?,7-,10-,11-/m0/s1. The summed E-state index contributed by atoms with van der Waals surface area (Å²) >= 11 is 0. The zero-order valence-corrected chi connectivity index (χ0v) is 10.4. The monoisotopic (exact) mass is 245 g/mol. The van der Waals surface area contributed by atoms with E-state index in [1.54, 1.807) is 13.8 Å². The molecule has 1 unspecified atom stereocenters.